The van der Waals surface area contributed by atoms with Gasteiger partial charge in [-0.3, -0.25) is 0 Å². The van der Waals surface area contributed by atoms with Gasteiger partial charge in [0.1, 0.15) is 0 Å². The van der Waals surface area contributed by atoms with Gasteiger partial charge in [0.2, 0.25) is 5.28 Å². The summed E-state index contributed by atoms with van der Waals surface area (Å²) in [5.41, 5.74) is 6.09. The van der Waals surface area contributed by atoms with Crippen molar-refractivity contribution in [1.82, 2.24) is 9.97 Å². The number of aryl methyl sites for hydroxylation is 2. The number of hydrogen-bond donors (Lipinski definition) is 2. The van der Waals surface area contributed by atoms with Gasteiger partial charge in [-0.15, -0.1) is 0 Å². The Morgan fingerprint density at radius 3 is 2.48 bits per heavy atom. The van der Waals surface area contributed by atoms with Gasteiger partial charge in [0, 0.05) is 5.69 Å². The number of hydrogen-bond acceptors (Lipinski definition) is 4. The third-order valence-corrected chi connectivity index (χ3v) is 3.08. The topological polar surface area (TPSA) is 63.8 Å². The third-order valence-electron chi connectivity index (χ3n) is 2.91. The van der Waals surface area contributed by atoms with Crippen LogP contribution in [0.1, 0.15) is 16.8 Å². The molecule has 0 fully saturated rings. The first-order chi connectivity index (χ1) is 9.68. The van der Waals surface area contributed by atoms with Gasteiger partial charge >= 0.3 is 6.18 Å². The number of alkyl halides is 3. The monoisotopic (exact) mass is 316 g/mol. The molecular formula is C13H12ClF3N4. The predicted octanol–water partition coefficient (Wildman–Crippen LogP) is 4.09. The molecule has 2 rings (SSSR count). The molecule has 0 unspecified atom stereocenters. The molecule has 8 heteroatoms. The summed E-state index contributed by atoms with van der Waals surface area (Å²) in [5.74, 6) is 0.171. The van der Waals surface area contributed by atoms with Crippen LogP contribution < -0.4 is 11.1 Å². The summed E-state index contributed by atoms with van der Waals surface area (Å²) in [5, 5.41) is 2.70. The van der Waals surface area contributed by atoms with Crippen molar-refractivity contribution in [2.24, 2.45) is 0 Å². The number of nitrogen functional groups attached to an aromatic ring is 1. The van der Waals surface area contributed by atoms with E-state index in [1.54, 1.807) is 6.92 Å². The Morgan fingerprint density at radius 1 is 1.19 bits per heavy atom. The molecule has 0 aliphatic rings. The molecule has 1 aromatic heterocycles. The number of nitrogens with two attached hydrogens (primary N) is 1. The summed E-state index contributed by atoms with van der Waals surface area (Å²) < 4.78 is 38.6. The molecule has 21 heavy (non-hydrogen) atoms. The minimum absolute atomic E-state index is 0.0349. The lowest BCUT2D eigenvalue weighted by atomic mass is 10.1. The number of rotatable bonds is 2. The van der Waals surface area contributed by atoms with Crippen molar-refractivity contribution >= 4 is 28.8 Å². The predicted molar refractivity (Wildman–Crippen MR) is 75.7 cm³/mol. The number of halogens is 4. The molecule has 4 nitrogen and oxygen atoms in total. The summed E-state index contributed by atoms with van der Waals surface area (Å²) in [6.45, 7) is 3.02. The zero-order valence-corrected chi connectivity index (χ0v) is 12.0. The van der Waals surface area contributed by atoms with Crippen molar-refractivity contribution in [3.05, 3.63) is 40.3 Å². The second-order valence-electron chi connectivity index (χ2n) is 4.49. The summed E-state index contributed by atoms with van der Waals surface area (Å²) in [6, 6.07) is 3.88. The molecule has 0 atom stereocenters. The largest absolute Gasteiger partial charge is 0.416 e. The number of aromatic nitrogens is 2. The Labute approximate surface area is 124 Å². The molecule has 0 aliphatic carbocycles. The van der Waals surface area contributed by atoms with Crippen molar-refractivity contribution in [1.29, 1.82) is 0 Å². The molecule has 0 saturated heterocycles. The molecule has 1 aromatic carbocycles. The lowest BCUT2D eigenvalue weighted by Gasteiger charge is -2.14. The van der Waals surface area contributed by atoms with Crippen LogP contribution in [0.4, 0.5) is 30.4 Å². The molecule has 1 heterocycles. The van der Waals surface area contributed by atoms with Crippen LogP contribution in [0.2, 0.25) is 5.28 Å². The minimum Gasteiger partial charge on any atom is -0.394 e. The average molecular weight is 317 g/mol. The van der Waals surface area contributed by atoms with Crippen LogP contribution in [0.25, 0.3) is 0 Å². The molecule has 0 spiro atoms. The lowest BCUT2D eigenvalue weighted by Crippen LogP contribution is -2.09. The summed E-state index contributed by atoms with van der Waals surface area (Å²) in [4.78, 5) is 7.74. The lowest BCUT2D eigenvalue weighted by molar-refractivity contribution is -0.138. The second kappa shape index (κ2) is 5.40. The highest BCUT2D eigenvalue weighted by Gasteiger charge is 2.32. The maximum absolute atomic E-state index is 12.9. The van der Waals surface area contributed by atoms with Gasteiger partial charge in [-0.1, -0.05) is 6.07 Å². The Kier molecular flexibility index (Phi) is 3.95. The van der Waals surface area contributed by atoms with Crippen LogP contribution in [0.3, 0.4) is 0 Å². The molecule has 0 saturated carbocycles. The van der Waals surface area contributed by atoms with Crippen LogP contribution >= 0.6 is 11.6 Å². The standard InChI is InChI=1S/C13H12ClF3N4/c1-6-3-4-8(5-9(6)13(15,16)17)20-11-10(18)7(2)19-12(14)21-11/h3-5H,18H2,1-2H3,(H,19,20,21). The highest BCUT2D eigenvalue weighted by molar-refractivity contribution is 6.28. The Bertz CT molecular complexity index is 686. The van der Waals surface area contributed by atoms with E-state index in [1.807, 2.05) is 0 Å². The number of nitrogens with one attached hydrogen (secondary N) is 1. The van der Waals surface area contributed by atoms with Crippen LogP contribution in [0, 0.1) is 13.8 Å². The van der Waals surface area contributed by atoms with Crippen LogP contribution in [-0.4, -0.2) is 9.97 Å². The van der Waals surface area contributed by atoms with E-state index in [1.165, 1.54) is 19.1 Å². The van der Waals surface area contributed by atoms with Gasteiger partial charge in [-0.25, -0.2) is 4.98 Å². The number of nitrogens with zero attached hydrogens (tertiary/aromatic N) is 2. The van der Waals surface area contributed by atoms with Crippen molar-refractivity contribution in [2.45, 2.75) is 20.0 Å². The maximum Gasteiger partial charge on any atom is 0.416 e. The van der Waals surface area contributed by atoms with Crippen molar-refractivity contribution < 1.29 is 13.2 Å². The highest BCUT2D eigenvalue weighted by Crippen LogP contribution is 2.34. The van der Waals surface area contributed by atoms with Crippen molar-refractivity contribution in [3.8, 4) is 0 Å². The summed E-state index contributed by atoms with van der Waals surface area (Å²) >= 11 is 5.72. The van der Waals surface area contributed by atoms with E-state index in [4.69, 9.17) is 17.3 Å². The summed E-state index contributed by atoms with van der Waals surface area (Å²) in [6.07, 6.45) is -4.42. The summed E-state index contributed by atoms with van der Waals surface area (Å²) in [7, 11) is 0. The Hall–Kier alpha value is -2.02. The smallest absolute Gasteiger partial charge is 0.394 e. The van der Waals surface area contributed by atoms with Crippen LogP contribution in [-0.2, 0) is 6.18 Å². The van der Waals surface area contributed by atoms with Crippen LogP contribution in [0.15, 0.2) is 18.2 Å². The van der Waals surface area contributed by atoms with Crippen molar-refractivity contribution in [3.63, 3.8) is 0 Å². The number of benzene rings is 1. The van der Waals surface area contributed by atoms with Gasteiger partial charge in [0.25, 0.3) is 0 Å². The van der Waals surface area contributed by atoms with E-state index in [0.717, 1.165) is 6.07 Å². The van der Waals surface area contributed by atoms with Gasteiger partial charge in [0.15, 0.2) is 5.82 Å². The first kappa shape index (κ1) is 15.4. The van der Waals surface area contributed by atoms with Gasteiger partial charge < -0.3 is 11.1 Å². The van der Waals surface area contributed by atoms with E-state index in [2.05, 4.69) is 15.3 Å². The Balaban J connectivity index is 2.41. The van der Waals surface area contributed by atoms with E-state index < -0.39 is 11.7 Å². The fraction of sp³-hybridized carbons (Fsp3) is 0.231. The number of anilines is 3. The fourth-order valence-corrected chi connectivity index (χ4v) is 2.00. The normalized spacial score (nSPS) is 11.5. The van der Waals surface area contributed by atoms with E-state index in [-0.39, 0.29) is 28.0 Å². The fourth-order valence-electron chi connectivity index (χ4n) is 1.78. The molecule has 112 valence electrons. The van der Waals surface area contributed by atoms with Crippen LogP contribution in [0.5, 0.6) is 0 Å². The zero-order chi connectivity index (χ0) is 15.8. The van der Waals surface area contributed by atoms with E-state index in [9.17, 15) is 13.2 Å². The van der Waals surface area contributed by atoms with Gasteiger partial charge in [-0.05, 0) is 43.1 Å². The highest BCUT2D eigenvalue weighted by atomic mass is 35.5. The molecule has 0 bridgehead atoms. The quantitative estimate of drug-likeness (QED) is 0.819. The average Bonchev–Trinajstić information content (AvgIpc) is 2.36. The minimum atomic E-state index is -4.42. The zero-order valence-electron chi connectivity index (χ0n) is 11.2. The van der Waals surface area contributed by atoms with Gasteiger partial charge in [0.05, 0.1) is 16.9 Å². The molecule has 2 aromatic rings. The van der Waals surface area contributed by atoms with E-state index >= 15 is 0 Å². The Morgan fingerprint density at radius 2 is 1.86 bits per heavy atom. The molecule has 0 amide bonds. The van der Waals surface area contributed by atoms with E-state index in [0.29, 0.717) is 5.69 Å². The molecule has 3 N–H and O–H groups in total. The molecule has 0 radical (unpaired) electrons. The second-order valence-corrected chi connectivity index (χ2v) is 4.83. The first-order valence-corrected chi connectivity index (χ1v) is 6.31. The molecule has 0 aliphatic heterocycles. The van der Waals surface area contributed by atoms with Crippen molar-refractivity contribution in [2.75, 3.05) is 11.1 Å². The SMILES string of the molecule is Cc1ccc(Nc2nc(Cl)nc(C)c2N)cc1C(F)(F)F. The molecular weight excluding hydrogens is 305 g/mol. The maximum atomic E-state index is 12.9. The first-order valence-electron chi connectivity index (χ1n) is 5.93. The third kappa shape index (κ3) is 3.36. The van der Waals surface area contributed by atoms with Gasteiger partial charge in [-0.2, -0.15) is 18.2 Å².